The van der Waals surface area contributed by atoms with E-state index < -0.39 is 0 Å². The maximum absolute atomic E-state index is 12.4. The Morgan fingerprint density at radius 1 is 1.00 bits per heavy atom. The lowest BCUT2D eigenvalue weighted by Gasteiger charge is -2.05. The molecule has 5 rings (SSSR count). The van der Waals surface area contributed by atoms with E-state index in [1.165, 1.54) is 12.8 Å². The van der Waals surface area contributed by atoms with Gasteiger partial charge in [-0.3, -0.25) is 9.89 Å². The molecule has 2 aromatic heterocycles. The highest BCUT2D eigenvalue weighted by Crippen LogP contribution is 2.38. The number of hydrogen-bond acceptors (Lipinski definition) is 5. The fraction of sp³-hybridized carbons (Fsp3) is 0.316. The Bertz CT molecular complexity index is 939. The Balaban J connectivity index is 1.27. The molecule has 0 spiro atoms. The van der Waals surface area contributed by atoms with Crippen molar-refractivity contribution in [3.63, 3.8) is 0 Å². The molecule has 2 N–H and O–H groups in total. The second-order valence-corrected chi connectivity index (χ2v) is 6.95. The summed E-state index contributed by atoms with van der Waals surface area (Å²) in [6.07, 6.45) is 8.01. The van der Waals surface area contributed by atoms with E-state index in [0.717, 1.165) is 30.1 Å². The summed E-state index contributed by atoms with van der Waals surface area (Å²) in [4.78, 5) is 25.6. The number of benzene rings is 1. The van der Waals surface area contributed by atoms with Crippen LogP contribution in [-0.2, 0) is 0 Å². The van der Waals surface area contributed by atoms with Crippen LogP contribution < -0.4 is 5.32 Å². The SMILES string of the molecule is O=C(Nc1cnc(C2CC2)nc1)c1ccc(-c2n[nH]c(C3CC3)n2)cc1. The Morgan fingerprint density at radius 3 is 2.35 bits per heavy atom. The molecular formula is C19H18N6O. The minimum Gasteiger partial charge on any atom is -0.319 e. The van der Waals surface area contributed by atoms with E-state index in [1.807, 2.05) is 12.1 Å². The predicted molar refractivity (Wildman–Crippen MR) is 95.8 cm³/mol. The van der Waals surface area contributed by atoms with Gasteiger partial charge in [0.25, 0.3) is 5.91 Å². The van der Waals surface area contributed by atoms with Gasteiger partial charge in [0.1, 0.15) is 11.6 Å². The van der Waals surface area contributed by atoms with Crippen LogP contribution in [0.2, 0.25) is 0 Å². The smallest absolute Gasteiger partial charge is 0.255 e. The Morgan fingerprint density at radius 2 is 1.69 bits per heavy atom. The molecule has 0 unspecified atom stereocenters. The van der Waals surface area contributed by atoms with Gasteiger partial charge < -0.3 is 5.32 Å². The number of carbonyl (C=O) groups is 1. The van der Waals surface area contributed by atoms with Crippen LogP contribution in [0.1, 0.15) is 59.5 Å². The largest absolute Gasteiger partial charge is 0.319 e. The highest BCUT2D eigenvalue weighted by molar-refractivity contribution is 6.04. The molecule has 3 aromatic rings. The summed E-state index contributed by atoms with van der Waals surface area (Å²) in [5.41, 5.74) is 2.06. The lowest BCUT2D eigenvalue weighted by atomic mass is 10.1. The molecule has 2 fully saturated rings. The quantitative estimate of drug-likeness (QED) is 0.739. The number of H-pyrrole nitrogens is 1. The van der Waals surface area contributed by atoms with Crippen LogP contribution in [-0.4, -0.2) is 31.1 Å². The first-order valence-corrected chi connectivity index (χ1v) is 8.92. The van der Waals surface area contributed by atoms with Crippen molar-refractivity contribution in [3.05, 3.63) is 53.9 Å². The molecule has 0 saturated heterocycles. The van der Waals surface area contributed by atoms with Crippen LogP contribution in [0.3, 0.4) is 0 Å². The van der Waals surface area contributed by atoms with Crippen molar-refractivity contribution in [2.24, 2.45) is 0 Å². The first-order chi connectivity index (χ1) is 12.8. The Kier molecular flexibility index (Phi) is 3.51. The third kappa shape index (κ3) is 3.08. The molecule has 2 aliphatic carbocycles. The van der Waals surface area contributed by atoms with E-state index in [4.69, 9.17) is 0 Å². The van der Waals surface area contributed by atoms with Gasteiger partial charge in [-0.15, -0.1) is 0 Å². The summed E-state index contributed by atoms with van der Waals surface area (Å²) in [5.74, 6) is 3.34. The summed E-state index contributed by atoms with van der Waals surface area (Å²) in [7, 11) is 0. The van der Waals surface area contributed by atoms with Gasteiger partial charge in [-0.1, -0.05) is 12.1 Å². The first-order valence-electron chi connectivity index (χ1n) is 8.92. The van der Waals surface area contributed by atoms with Gasteiger partial charge in [-0.25, -0.2) is 15.0 Å². The Labute approximate surface area is 150 Å². The Hall–Kier alpha value is -3.09. The standard InChI is InChI=1S/C19H18N6O/c26-19(22-15-9-20-16(21-10-15)11-1-2-11)14-7-5-13(6-8-14)18-23-17(24-25-18)12-3-4-12/h5-12H,1-4H2,(H,22,26)(H,23,24,25). The molecule has 0 aliphatic heterocycles. The average molecular weight is 346 g/mol. The monoisotopic (exact) mass is 346 g/mol. The van der Waals surface area contributed by atoms with Gasteiger partial charge in [-0.05, 0) is 37.8 Å². The third-order valence-electron chi connectivity index (χ3n) is 4.74. The number of aromatic amines is 1. The van der Waals surface area contributed by atoms with Gasteiger partial charge in [0, 0.05) is 23.0 Å². The van der Waals surface area contributed by atoms with E-state index >= 15 is 0 Å². The zero-order valence-electron chi connectivity index (χ0n) is 14.1. The highest BCUT2D eigenvalue weighted by Gasteiger charge is 2.27. The number of nitrogens with one attached hydrogen (secondary N) is 2. The van der Waals surface area contributed by atoms with Gasteiger partial charge in [0.05, 0.1) is 18.1 Å². The van der Waals surface area contributed by atoms with Gasteiger partial charge in [0.15, 0.2) is 5.82 Å². The van der Waals surface area contributed by atoms with E-state index in [1.54, 1.807) is 24.5 Å². The van der Waals surface area contributed by atoms with Crippen LogP contribution >= 0.6 is 0 Å². The second-order valence-electron chi connectivity index (χ2n) is 6.95. The lowest BCUT2D eigenvalue weighted by Crippen LogP contribution is -2.12. The molecule has 1 amide bonds. The lowest BCUT2D eigenvalue weighted by molar-refractivity contribution is 0.102. The van der Waals surface area contributed by atoms with Crippen LogP contribution in [0, 0.1) is 0 Å². The van der Waals surface area contributed by atoms with Crippen molar-refractivity contribution in [2.75, 3.05) is 5.32 Å². The third-order valence-corrected chi connectivity index (χ3v) is 4.74. The molecule has 0 radical (unpaired) electrons. The van der Waals surface area contributed by atoms with Crippen molar-refractivity contribution >= 4 is 11.6 Å². The number of nitrogens with zero attached hydrogens (tertiary/aromatic N) is 4. The number of carbonyl (C=O) groups excluding carboxylic acids is 1. The fourth-order valence-corrected chi connectivity index (χ4v) is 2.87. The average Bonchev–Trinajstić information content (AvgIpc) is 3.61. The maximum Gasteiger partial charge on any atom is 0.255 e. The molecule has 0 bridgehead atoms. The normalized spacial score (nSPS) is 16.5. The summed E-state index contributed by atoms with van der Waals surface area (Å²) in [5, 5.41) is 10.1. The zero-order valence-corrected chi connectivity index (χ0v) is 14.1. The second kappa shape index (κ2) is 6.01. The minimum absolute atomic E-state index is 0.187. The molecule has 0 atom stereocenters. The molecule has 7 nitrogen and oxygen atoms in total. The van der Waals surface area contributed by atoms with Crippen LogP contribution in [0.25, 0.3) is 11.4 Å². The molecule has 130 valence electrons. The fourth-order valence-electron chi connectivity index (χ4n) is 2.87. The highest BCUT2D eigenvalue weighted by atomic mass is 16.1. The molecule has 7 heteroatoms. The number of hydrogen-bond donors (Lipinski definition) is 2. The van der Waals surface area contributed by atoms with E-state index in [-0.39, 0.29) is 5.91 Å². The van der Waals surface area contributed by atoms with Crippen molar-refractivity contribution < 1.29 is 4.79 Å². The molecule has 1 aromatic carbocycles. The number of amides is 1. The van der Waals surface area contributed by atoms with Crippen LogP contribution in [0.5, 0.6) is 0 Å². The van der Waals surface area contributed by atoms with Crippen LogP contribution in [0.15, 0.2) is 36.7 Å². The van der Waals surface area contributed by atoms with Gasteiger partial charge in [-0.2, -0.15) is 5.10 Å². The summed E-state index contributed by atoms with van der Waals surface area (Å²) in [6.45, 7) is 0. The summed E-state index contributed by atoms with van der Waals surface area (Å²) >= 11 is 0. The summed E-state index contributed by atoms with van der Waals surface area (Å²) < 4.78 is 0. The molecular weight excluding hydrogens is 328 g/mol. The molecule has 2 aliphatic rings. The van der Waals surface area contributed by atoms with Crippen molar-refractivity contribution in [3.8, 4) is 11.4 Å². The zero-order chi connectivity index (χ0) is 17.5. The topological polar surface area (TPSA) is 96.5 Å². The molecule has 2 heterocycles. The molecule has 26 heavy (non-hydrogen) atoms. The number of anilines is 1. The van der Waals surface area contributed by atoms with E-state index in [2.05, 4.69) is 30.5 Å². The van der Waals surface area contributed by atoms with Crippen molar-refractivity contribution in [1.29, 1.82) is 0 Å². The number of rotatable bonds is 5. The van der Waals surface area contributed by atoms with Gasteiger partial charge >= 0.3 is 0 Å². The van der Waals surface area contributed by atoms with Crippen LogP contribution in [0.4, 0.5) is 5.69 Å². The number of aromatic nitrogens is 5. The van der Waals surface area contributed by atoms with Crippen molar-refractivity contribution in [1.82, 2.24) is 25.1 Å². The summed E-state index contributed by atoms with van der Waals surface area (Å²) in [6, 6.07) is 7.28. The molecule has 2 saturated carbocycles. The first kappa shape index (κ1) is 15.2. The van der Waals surface area contributed by atoms with Gasteiger partial charge in [0.2, 0.25) is 0 Å². The van der Waals surface area contributed by atoms with E-state index in [9.17, 15) is 4.79 Å². The van der Waals surface area contributed by atoms with E-state index in [0.29, 0.717) is 28.9 Å². The predicted octanol–water partition coefficient (Wildman–Crippen LogP) is 3.27. The van der Waals surface area contributed by atoms with Crippen molar-refractivity contribution in [2.45, 2.75) is 37.5 Å². The minimum atomic E-state index is -0.187. The maximum atomic E-state index is 12.4.